The zero-order valence-corrected chi connectivity index (χ0v) is 19.3. The highest BCUT2D eigenvalue weighted by Gasteiger charge is 2.27. The van der Waals surface area contributed by atoms with Crippen molar-refractivity contribution in [3.8, 4) is 0 Å². The minimum absolute atomic E-state index is 0. The highest BCUT2D eigenvalue weighted by atomic mass is 127. The number of benzene rings is 1. The van der Waals surface area contributed by atoms with E-state index in [9.17, 15) is 8.42 Å². The third-order valence-electron chi connectivity index (χ3n) is 4.40. The van der Waals surface area contributed by atoms with Crippen molar-refractivity contribution in [3.05, 3.63) is 29.8 Å². The monoisotopic (exact) mass is 508 g/mol. The number of nitrogens with zero attached hydrogens (tertiary/aromatic N) is 1. The molecule has 1 aliphatic rings. The van der Waals surface area contributed by atoms with Crippen molar-refractivity contribution in [2.75, 3.05) is 6.54 Å². The lowest BCUT2D eigenvalue weighted by atomic mass is 10.1. The Kier molecular flexibility index (Phi) is 11.2. The van der Waals surface area contributed by atoms with Crippen molar-refractivity contribution in [3.63, 3.8) is 0 Å². The zero-order chi connectivity index (χ0) is 18.8. The molecule has 0 radical (unpaired) electrons. The molecule has 0 atom stereocenters. The van der Waals surface area contributed by atoms with E-state index in [0.29, 0.717) is 17.4 Å². The summed E-state index contributed by atoms with van der Waals surface area (Å²) in [5, 5.41) is 3.13. The van der Waals surface area contributed by atoms with Gasteiger partial charge in [0, 0.05) is 12.6 Å². The Balaban J connectivity index is 0.00000364. The average Bonchev–Trinajstić information content (AvgIpc) is 3.43. The predicted octanol–water partition coefficient (Wildman–Crippen LogP) is 3.51. The zero-order valence-electron chi connectivity index (χ0n) is 16.1. The van der Waals surface area contributed by atoms with Crippen LogP contribution in [0.3, 0.4) is 0 Å². The fraction of sp³-hybridized carbons (Fsp3) is 0.632. The molecule has 0 unspecified atom stereocenters. The molecule has 1 aromatic rings. The molecule has 1 fully saturated rings. The van der Waals surface area contributed by atoms with E-state index in [4.69, 9.17) is 5.73 Å². The van der Waals surface area contributed by atoms with Gasteiger partial charge >= 0.3 is 0 Å². The second-order valence-electron chi connectivity index (χ2n) is 6.94. The second kappa shape index (κ2) is 12.6. The quantitative estimate of drug-likeness (QED) is 0.174. The SMILES string of the molecule is CCCCCCCCNC(N)=NCc1ccc(S(=O)(=O)NC2CC2)cc1.I. The van der Waals surface area contributed by atoms with E-state index in [1.54, 1.807) is 24.3 Å². The molecule has 6 nitrogen and oxygen atoms in total. The Morgan fingerprint density at radius 2 is 1.74 bits per heavy atom. The summed E-state index contributed by atoms with van der Waals surface area (Å²) in [4.78, 5) is 4.61. The van der Waals surface area contributed by atoms with Crippen LogP contribution in [0.1, 0.15) is 63.9 Å². The number of nitrogens with one attached hydrogen (secondary N) is 2. The fourth-order valence-corrected chi connectivity index (χ4v) is 3.92. The van der Waals surface area contributed by atoms with Gasteiger partial charge in [-0.05, 0) is 37.0 Å². The normalized spacial score (nSPS) is 14.6. The molecule has 0 aliphatic heterocycles. The topological polar surface area (TPSA) is 96.6 Å². The number of rotatable bonds is 12. The molecule has 154 valence electrons. The third-order valence-corrected chi connectivity index (χ3v) is 5.94. The average molecular weight is 508 g/mol. The first-order chi connectivity index (χ1) is 12.5. The van der Waals surface area contributed by atoms with Crippen molar-refractivity contribution >= 4 is 40.0 Å². The summed E-state index contributed by atoms with van der Waals surface area (Å²) in [6, 6.07) is 6.92. The standard InChI is InChI=1S/C19H32N4O2S.HI/c1-2-3-4-5-6-7-14-21-19(20)22-15-16-8-12-18(13-9-16)26(24,25)23-17-10-11-17;/h8-9,12-13,17,23H,2-7,10-11,14-15H2,1H3,(H3,20,21,22);1H. The third kappa shape index (κ3) is 9.75. The van der Waals surface area contributed by atoms with Gasteiger partial charge in [-0.15, -0.1) is 24.0 Å². The van der Waals surface area contributed by atoms with Crippen molar-refractivity contribution in [1.29, 1.82) is 0 Å². The molecule has 0 spiro atoms. The van der Waals surface area contributed by atoms with Crippen LogP contribution in [0.25, 0.3) is 0 Å². The largest absolute Gasteiger partial charge is 0.370 e. The summed E-state index contributed by atoms with van der Waals surface area (Å²) >= 11 is 0. The van der Waals surface area contributed by atoms with E-state index in [2.05, 4.69) is 22.0 Å². The molecule has 4 N–H and O–H groups in total. The van der Waals surface area contributed by atoms with Gasteiger partial charge in [0.1, 0.15) is 0 Å². The van der Waals surface area contributed by atoms with Crippen molar-refractivity contribution in [1.82, 2.24) is 10.0 Å². The van der Waals surface area contributed by atoms with Crippen LogP contribution < -0.4 is 15.8 Å². The van der Waals surface area contributed by atoms with Crippen LogP contribution in [0.15, 0.2) is 34.2 Å². The van der Waals surface area contributed by atoms with Crippen LogP contribution in [-0.4, -0.2) is 27.0 Å². The number of guanidine groups is 1. The lowest BCUT2D eigenvalue weighted by Crippen LogP contribution is -2.32. The van der Waals surface area contributed by atoms with Gasteiger partial charge in [-0.25, -0.2) is 18.1 Å². The molecule has 0 heterocycles. The van der Waals surface area contributed by atoms with Gasteiger partial charge in [0.05, 0.1) is 11.4 Å². The van der Waals surface area contributed by atoms with Gasteiger partial charge in [-0.3, -0.25) is 0 Å². The summed E-state index contributed by atoms with van der Waals surface area (Å²) < 4.78 is 26.9. The van der Waals surface area contributed by atoms with Crippen LogP contribution in [0.2, 0.25) is 0 Å². The van der Waals surface area contributed by atoms with E-state index in [1.165, 1.54) is 32.1 Å². The van der Waals surface area contributed by atoms with Gasteiger partial charge < -0.3 is 11.1 Å². The Hall–Kier alpha value is -0.870. The fourth-order valence-electron chi connectivity index (χ4n) is 2.62. The molecule has 0 aromatic heterocycles. The van der Waals surface area contributed by atoms with Crippen LogP contribution in [0, 0.1) is 0 Å². The molecular formula is C19H33IN4O2S. The van der Waals surface area contributed by atoms with Gasteiger partial charge in [0.25, 0.3) is 0 Å². The van der Waals surface area contributed by atoms with Gasteiger partial charge in [-0.1, -0.05) is 51.2 Å². The Morgan fingerprint density at radius 3 is 2.37 bits per heavy atom. The van der Waals surface area contributed by atoms with Gasteiger partial charge in [0.15, 0.2) is 5.96 Å². The first-order valence-electron chi connectivity index (χ1n) is 9.66. The van der Waals surface area contributed by atoms with Crippen molar-refractivity contribution in [2.24, 2.45) is 10.7 Å². The van der Waals surface area contributed by atoms with E-state index >= 15 is 0 Å². The number of halogens is 1. The summed E-state index contributed by atoms with van der Waals surface area (Å²) in [5.74, 6) is 0.436. The van der Waals surface area contributed by atoms with E-state index in [1.807, 2.05) is 0 Å². The lowest BCUT2D eigenvalue weighted by molar-refractivity contribution is 0.581. The van der Waals surface area contributed by atoms with E-state index < -0.39 is 10.0 Å². The van der Waals surface area contributed by atoms with Crippen LogP contribution >= 0.6 is 24.0 Å². The highest BCUT2D eigenvalue weighted by molar-refractivity contribution is 14.0. The lowest BCUT2D eigenvalue weighted by Gasteiger charge is -2.07. The highest BCUT2D eigenvalue weighted by Crippen LogP contribution is 2.22. The molecule has 8 heteroatoms. The molecule has 1 aromatic carbocycles. The van der Waals surface area contributed by atoms with Crippen molar-refractivity contribution in [2.45, 2.75) is 75.8 Å². The Morgan fingerprint density at radius 1 is 1.11 bits per heavy atom. The maximum Gasteiger partial charge on any atom is 0.240 e. The summed E-state index contributed by atoms with van der Waals surface area (Å²) in [5.41, 5.74) is 6.81. The summed E-state index contributed by atoms with van der Waals surface area (Å²) in [6.45, 7) is 3.49. The second-order valence-corrected chi connectivity index (χ2v) is 8.65. The number of sulfonamides is 1. The molecule has 0 amide bonds. The Bertz CT molecular complexity index is 673. The number of hydrogen-bond donors (Lipinski definition) is 3. The number of hydrogen-bond acceptors (Lipinski definition) is 3. The molecule has 0 saturated heterocycles. The maximum atomic E-state index is 12.1. The van der Waals surface area contributed by atoms with Crippen molar-refractivity contribution < 1.29 is 8.42 Å². The Labute approximate surface area is 180 Å². The summed E-state index contributed by atoms with van der Waals surface area (Å²) in [6.07, 6.45) is 9.33. The smallest absolute Gasteiger partial charge is 0.240 e. The number of unbranched alkanes of at least 4 members (excludes halogenated alkanes) is 5. The molecular weight excluding hydrogens is 475 g/mol. The van der Waals surface area contributed by atoms with E-state index in [0.717, 1.165) is 31.4 Å². The predicted molar refractivity (Wildman–Crippen MR) is 122 cm³/mol. The van der Waals surface area contributed by atoms with Crippen LogP contribution in [-0.2, 0) is 16.6 Å². The first kappa shape index (κ1) is 24.2. The van der Waals surface area contributed by atoms with E-state index in [-0.39, 0.29) is 30.0 Å². The van der Waals surface area contributed by atoms with Crippen LogP contribution in [0.5, 0.6) is 0 Å². The van der Waals surface area contributed by atoms with Gasteiger partial charge in [-0.2, -0.15) is 0 Å². The maximum absolute atomic E-state index is 12.1. The molecule has 27 heavy (non-hydrogen) atoms. The number of aliphatic imine (C=N–C) groups is 1. The first-order valence-corrected chi connectivity index (χ1v) is 11.1. The minimum atomic E-state index is -3.39. The molecule has 0 bridgehead atoms. The molecule has 2 rings (SSSR count). The number of nitrogens with two attached hydrogens (primary N) is 1. The molecule has 1 aliphatic carbocycles. The minimum Gasteiger partial charge on any atom is -0.370 e. The van der Waals surface area contributed by atoms with Crippen LogP contribution in [0.4, 0.5) is 0 Å². The summed E-state index contributed by atoms with van der Waals surface area (Å²) in [7, 11) is -3.39. The van der Waals surface area contributed by atoms with Gasteiger partial charge in [0.2, 0.25) is 10.0 Å². The molecule has 1 saturated carbocycles.